The van der Waals surface area contributed by atoms with Gasteiger partial charge in [-0.25, -0.2) is 9.97 Å². The molecular weight excluding hydrogens is 262 g/mol. The summed E-state index contributed by atoms with van der Waals surface area (Å²) in [6, 6.07) is 1.82. The number of fused-ring (bicyclic) bond motifs is 1. The van der Waals surface area contributed by atoms with Gasteiger partial charge in [0.25, 0.3) is 5.91 Å². The van der Waals surface area contributed by atoms with Gasteiger partial charge in [0.2, 0.25) is 0 Å². The third-order valence-corrected chi connectivity index (χ3v) is 4.13. The fourth-order valence-corrected chi connectivity index (χ4v) is 3.15. The van der Waals surface area contributed by atoms with E-state index < -0.39 is 5.91 Å². The SMILES string of the molecule is NC(=O)c1sc(-c2ccncn2)c2c1NCCCN2. The van der Waals surface area contributed by atoms with E-state index in [0.29, 0.717) is 4.88 Å². The van der Waals surface area contributed by atoms with E-state index >= 15 is 0 Å². The van der Waals surface area contributed by atoms with Gasteiger partial charge in [-0.1, -0.05) is 0 Å². The lowest BCUT2D eigenvalue weighted by Crippen LogP contribution is -2.12. The highest BCUT2D eigenvalue weighted by Gasteiger charge is 2.23. The van der Waals surface area contributed by atoms with Crippen LogP contribution in [0.5, 0.6) is 0 Å². The van der Waals surface area contributed by atoms with Crippen LogP contribution in [-0.4, -0.2) is 29.0 Å². The number of nitrogens with one attached hydrogen (secondary N) is 2. The summed E-state index contributed by atoms with van der Waals surface area (Å²) in [4.78, 5) is 21.2. The van der Waals surface area contributed by atoms with Gasteiger partial charge >= 0.3 is 0 Å². The minimum absolute atomic E-state index is 0.419. The lowest BCUT2D eigenvalue weighted by atomic mass is 10.2. The Labute approximate surface area is 114 Å². The van der Waals surface area contributed by atoms with Gasteiger partial charge < -0.3 is 16.4 Å². The molecule has 0 saturated heterocycles. The fraction of sp³-hybridized carbons (Fsp3) is 0.250. The maximum absolute atomic E-state index is 11.6. The van der Waals surface area contributed by atoms with Crippen molar-refractivity contribution in [3.05, 3.63) is 23.5 Å². The van der Waals surface area contributed by atoms with E-state index in [2.05, 4.69) is 20.6 Å². The molecule has 0 aromatic carbocycles. The molecule has 98 valence electrons. The second-order valence-corrected chi connectivity index (χ2v) is 5.20. The molecule has 0 saturated carbocycles. The molecule has 0 radical (unpaired) electrons. The number of hydrogen-bond donors (Lipinski definition) is 3. The Morgan fingerprint density at radius 2 is 2.11 bits per heavy atom. The Morgan fingerprint density at radius 1 is 1.32 bits per heavy atom. The number of primary amides is 1. The van der Waals surface area contributed by atoms with Crippen LogP contribution in [0.3, 0.4) is 0 Å². The highest BCUT2D eigenvalue weighted by atomic mass is 32.1. The van der Waals surface area contributed by atoms with Crippen molar-refractivity contribution in [2.45, 2.75) is 6.42 Å². The number of anilines is 2. The van der Waals surface area contributed by atoms with E-state index in [0.717, 1.165) is 41.5 Å². The zero-order valence-corrected chi connectivity index (χ0v) is 11.0. The summed E-state index contributed by atoms with van der Waals surface area (Å²) in [5.74, 6) is -0.419. The smallest absolute Gasteiger partial charge is 0.261 e. The number of thiophene rings is 1. The van der Waals surface area contributed by atoms with Crippen LogP contribution in [0.25, 0.3) is 10.6 Å². The van der Waals surface area contributed by atoms with Gasteiger partial charge in [-0.15, -0.1) is 11.3 Å². The van der Waals surface area contributed by atoms with Crippen molar-refractivity contribution in [2.24, 2.45) is 5.73 Å². The van der Waals surface area contributed by atoms with Crippen molar-refractivity contribution in [3.8, 4) is 10.6 Å². The van der Waals surface area contributed by atoms with Gasteiger partial charge in [-0.05, 0) is 12.5 Å². The Kier molecular flexibility index (Phi) is 3.04. The first-order chi connectivity index (χ1) is 9.27. The van der Waals surface area contributed by atoms with Gasteiger partial charge in [0.1, 0.15) is 11.2 Å². The molecule has 19 heavy (non-hydrogen) atoms. The van der Waals surface area contributed by atoms with E-state index in [1.54, 1.807) is 6.20 Å². The van der Waals surface area contributed by atoms with Crippen molar-refractivity contribution in [1.82, 2.24) is 9.97 Å². The minimum Gasteiger partial charge on any atom is -0.382 e. The molecule has 1 aliphatic rings. The summed E-state index contributed by atoms with van der Waals surface area (Å²) in [5, 5.41) is 6.62. The Hall–Kier alpha value is -2.15. The molecule has 7 heteroatoms. The predicted octanol–water partition coefficient (Wildman–Crippen LogP) is 1.53. The van der Waals surface area contributed by atoms with Gasteiger partial charge in [0.15, 0.2) is 0 Å². The first kappa shape index (κ1) is 11.9. The van der Waals surface area contributed by atoms with Gasteiger partial charge in [0.05, 0.1) is 21.9 Å². The number of carbonyl (C=O) groups is 1. The average Bonchev–Trinajstić information content (AvgIpc) is 2.62. The van der Waals surface area contributed by atoms with E-state index in [-0.39, 0.29) is 0 Å². The molecule has 2 aromatic rings. The van der Waals surface area contributed by atoms with E-state index in [4.69, 9.17) is 5.73 Å². The van der Waals surface area contributed by atoms with Crippen LogP contribution in [0.15, 0.2) is 18.6 Å². The standard InChI is InChI=1S/C12H13N5OS/c13-12(18)11-9-8(15-3-1-4-16-9)10(19-11)7-2-5-14-6-17-7/h2,5-6,15-16H,1,3-4H2,(H2,13,18). The van der Waals surface area contributed by atoms with E-state index in [1.807, 2.05) is 6.07 Å². The maximum Gasteiger partial charge on any atom is 0.261 e. The summed E-state index contributed by atoms with van der Waals surface area (Å²) < 4.78 is 0. The fourth-order valence-electron chi connectivity index (χ4n) is 2.06. The molecule has 3 heterocycles. The number of nitrogens with two attached hydrogens (primary N) is 1. The first-order valence-corrected chi connectivity index (χ1v) is 6.79. The third kappa shape index (κ3) is 2.12. The third-order valence-electron chi connectivity index (χ3n) is 2.90. The molecule has 0 fully saturated rings. The summed E-state index contributed by atoms with van der Waals surface area (Å²) in [5.41, 5.74) is 7.95. The number of aromatic nitrogens is 2. The van der Waals surface area contributed by atoms with Crippen LogP contribution in [0.4, 0.5) is 11.4 Å². The molecule has 0 aliphatic carbocycles. The number of rotatable bonds is 2. The molecule has 0 bridgehead atoms. The first-order valence-electron chi connectivity index (χ1n) is 5.98. The summed E-state index contributed by atoms with van der Waals surface area (Å²) in [6.07, 6.45) is 4.17. The topological polar surface area (TPSA) is 92.9 Å². The zero-order chi connectivity index (χ0) is 13.2. The lowest BCUT2D eigenvalue weighted by molar-refractivity contribution is 0.100. The van der Waals surface area contributed by atoms with Crippen molar-refractivity contribution in [1.29, 1.82) is 0 Å². The normalized spacial score (nSPS) is 13.9. The Morgan fingerprint density at radius 3 is 2.79 bits per heavy atom. The second-order valence-electron chi connectivity index (χ2n) is 4.18. The van der Waals surface area contributed by atoms with Crippen molar-refractivity contribution < 1.29 is 4.79 Å². The van der Waals surface area contributed by atoms with Gasteiger partial charge in [-0.2, -0.15) is 0 Å². The highest BCUT2D eigenvalue weighted by molar-refractivity contribution is 7.18. The molecule has 0 unspecified atom stereocenters. The average molecular weight is 275 g/mol. The van der Waals surface area contributed by atoms with Gasteiger partial charge in [-0.3, -0.25) is 4.79 Å². The lowest BCUT2D eigenvalue weighted by Gasteiger charge is -2.06. The Balaban J connectivity index is 2.17. The summed E-state index contributed by atoms with van der Waals surface area (Å²) in [6.45, 7) is 1.67. The molecule has 0 atom stereocenters. The van der Waals surface area contributed by atoms with Crippen LogP contribution in [-0.2, 0) is 0 Å². The van der Waals surface area contributed by atoms with Crippen LogP contribution in [0.2, 0.25) is 0 Å². The molecule has 1 aliphatic heterocycles. The monoisotopic (exact) mass is 275 g/mol. The second kappa shape index (κ2) is 4.85. The van der Waals surface area contributed by atoms with Crippen molar-refractivity contribution in [2.75, 3.05) is 23.7 Å². The molecule has 3 rings (SSSR count). The van der Waals surface area contributed by atoms with Gasteiger partial charge in [0, 0.05) is 19.3 Å². The quantitative estimate of drug-likeness (QED) is 0.773. The molecule has 2 aromatic heterocycles. The van der Waals surface area contributed by atoms with E-state index in [1.165, 1.54) is 17.7 Å². The van der Waals surface area contributed by atoms with Crippen LogP contribution in [0, 0.1) is 0 Å². The number of hydrogen-bond acceptors (Lipinski definition) is 6. The molecule has 0 spiro atoms. The van der Waals surface area contributed by atoms with Crippen molar-refractivity contribution >= 4 is 28.6 Å². The number of amides is 1. The summed E-state index contributed by atoms with van der Waals surface area (Å²) >= 11 is 1.36. The molecule has 1 amide bonds. The van der Waals surface area contributed by atoms with E-state index in [9.17, 15) is 4.79 Å². The highest BCUT2D eigenvalue weighted by Crippen LogP contribution is 2.44. The maximum atomic E-state index is 11.6. The molecular formula is C12H13N5OS. The molecule has 6 nitrogen and oxygen atoms in total. The number of carbonyl (C=O) groups excluding carboxylic acids is 1. The van der Waals surface area contributed by atoms with Crippen LogP contribution >= 0.6 is 11.3 Å². The largest absolute Gasteiger partial charge is 0.382 e. The van der Waals surface area contributed by atoms with Crippen LogP contribution < -0.4 is 16.4 Å². The predicted molar refractivity (Wildman–Crippen MR) is 75.5 cm³/mol. The Bertz CT molecular complexity index is 610. The number of nitrogens with zero attached hydrogens (tertiary/aromatic N) is 2. The van der Waals surface area contributed by atoms with Crippen molar-refractivity contribution in [3.63, 3.8) is 0 Å². The molecule has 4 N–H and O–H groups in total. The zero-order valence-electron chi connectivity index (χ0n) is 10.1. The minimum atomic E-state index is -0.419. The summed E-state index contributed by atoms with van der Waals surface area (Å²) in [7, 11) is 0. The van der Waals surface area contributed by atoms with Crippen LogP contribution in [0.1, 0.15) is 16.1 Å².